The van der Waals surface area contributed by atoms with E-state index < -0.39 is 29.2 Å². The minimum atomic E-state index is -1.11. The zero-order valence-corrected chi connectivity index (χ0v) is 12.9. The van der Waals surface area contributed by atoms with Crippen LogP contribution in [0.4, 0.5) is 34.9 Å². The molecule has 9 heteroatoms. The summed E-state index contributed by atoms with van der Waals surface area (Å²) in [5.41, 5.74) is 0.152. The van der Waals surface area contributed by atoms with Crippen molar-refractivity contribution >= 4 is 23.2 Å². The lowest BCUT2D eigenvalue weighted by molar-refractivity contribution is 0.102. The van der Waals surface area contributed by atoms with E-state index in [1.54, 1.807) is 0 Å². The fourth-order valence-electron chi connectivity index (χ4n) is 2.02. The topological polar surface area (TPSA) is 66.9 Å². The number of benzene rings is 2. The van der Waals surface area contributed by atoms with Crippen molar-refractivity contribution in [3.8, 4) is 0 Å². The number of nitrogens with zero attached hydrogens (tertiary/aromatic N) is 2. The first-order chi connectivity index (χ1) is 12.4. The second-order valence-corrected chi connectivity index (χ2v) is 5.10. The molecule has 0 bridgehead atoms. The second-order valence-electron chi connectivity index (χ2n) is 5.10. The van der Waals surface area contributed by atoms with Crippen LogP contribution in [0.1, 0.15) is 10.5 Å². The Morgan fingerprint density at radius 2 is 1.42 bits per heavy atom. The van der Waals surface area contributed by atoms with Gasteiger partial charge in [0, 0.05) is 29.7 Å². The van der Waals surface area contributed by atoms with Crippen LogP contribution in [0.25, 0.3) is 0 Å². The van der Waals surface area contributed by atoms with Gasteiger partial charge in [-0.3, -0.25) is 4.79 Å². The second kappa shape index (κ2) is 7.18. The van der Waals surface area contributed by atoms with Gasteiger partial charge in [-0.05, 0) is 30.3 Å². The van der Waals surface area contributed by atoms with Gasteiger partial charge in [-0.1, -0.05) is 0 Å². The highest BCUT2D eigenvalue weighted by molar-refractivity contribution is 6.03. The molecule has 0 saturated carbocycles. The molecule has 0 radical (unpaired) electrons. The highest BCUT2D eigenvalue weighted by Crippen LogP contribution is 2.17. The summed E-state index contributed by atoms with van der Waals surface area (Å²) in [7, 11) is 0. The van der Waals surface area contributed by atoms with Gasteiger partial charge in [-0.15, -0.1) is 0 Å². The number of amides is 1. The number of halogens is 4. The average molecular weight is 362 g/mol. The van der Waals surface area contributed by atoms with Gasteiger partial charge in [-0.2, -0.15) is 0 Å². The zero-order chi connectivity index (χ0) is 18.7. The molecule has 1 amide bonds. The Balaban J connectivity index is 1.76. The molecule has 132 valence electrons. The maximum Gasteiger partial charge on any atom is 0.274 e. The van der Waals surface area contributed by atoms with Crippen LogP contribution >= 0.6 is 0 Å². The number of carbonyl (C=O) groups excluding carboxylic acids is 1. The fourth-order valence-corrected chi connectivity index (χ4v) is 2.02. The predicted molar refractivity (Wildman–Crippen MR) is 86.0 cm³/mol. The first-order valence-electron chi connectivity index (χ1n) is 7.24. The molecule has 0 fully saturated rings. The van der Waals surface area contributed by atoms with Crippen LogP contribution in [-0.2, 0) is 0 Å². The van der Waals surface area contributed by atoms with E-state index in [1.807, 2.05) is 0 Å². The van der Waals surface area contributed by atoms with Crippen molar-refractivity contribution in [1.82, 2.24) is 9.97 Å². The SMILES string of the molecule is O=C(Nc1ccc(F)c(F)c1)c1ccnc(Nc2ccc(F)c(F)c2)n1. The van der Waals surface area contributed by atoms with E-state index in [9.17, 15) is 22.4 Å². The Hall–Kier alpha value is -3.49. The van der Waals surface area contributed by atoms with E-state index in [1.165, 1.54) is 24.4 Å². The summed E-state index contributed by atoms with van der Waals surface area (Å²) in [6.45, 7) is 0. The highest BCUT2D eigenvalue weighted by Gasteiger charge is 2.11. The van der Waals surface area contributed by atoms with Crippen molar-refractivity contribution in [2.75, 3.05) is 10.6 Å². The van der Waals surface area contributed by atoms with Crippen LogP contribution in [0.5, 0.6) is 0 Å². The molecule has 2 N–H and O–H groups in total. The smallest absolute Gasteiger partial charge is 0.274 e. The largest absolute Gasteiger partial charge is 0.324 e. The molecular formula is C17H10F4N4O. The first kappa shape index (κ1) is 17.3. The molecular weight excluding hydrogens is 352 g/mol. The summed E-state index contributed by atoms with van der Waals surface area (Å²) in [5.74, 6) is -4.92. The summed E-state index contributed by atoms with van der Waals surface area (Å²) >= 11 is 0. The van der Waals surface area contributed by atoms with Crippen molar-refractivity contribution in [1.29, 1.82) is 0 Å². The molecule has 0 aliphatic rings. The molecule has 0 saturated heterocycles. The predicted octanol–water partition coefficient (Wildman–Crippen LogP) is 4.03. The molecule has 1 heterocycles. The van der Waals surface area contributed by atoms with Gasteiger partial charge in [0.05, 0.1) is 0 Å². The lowest BCUT2D eigenvalue weighted by atomic mass is 10.3. The minimum Gasteiger partial charge on any atom is -0.324 e. The van der Waals surface area contributed by atoms with Crippen LogP contribution < -0.4 is 10.6 Å². The number of nitrogens with one attached hydrogen (secondary N) is 2. The van der Waals surface area contributed by atoms with E-state index in [2.05, 4.69) is 20.6 Å². The Bertz CT molecular complexity index is 981. The molecule has 0 spiro atoms. The van der Waals surface area contributed by atoms with Gasteiger partial charge in [0.1, 0.15) is 5.69 Å². The lowest BCUT2D eigenvalue weighted by Gasteiger charge is -2.08. The third kappa shape index (κ3) is 3.94. The lowest BCUT2D eigenvalue weighted by Crippen LogP contribution is -2.15. The minimum absolute atomic E-state index is 0.0334. The third-order valence-corrected chi connectivity index (χ3v) is 3.24. The van der Waals surface area contributed by atoms with Crippen molar-refractivity contribution in [3.63, 3.8) is 0 Å². The first-order valence-corrected chi connectivity index (χ1v) is 7.24. The Kier molecular flexibility index (Phi) is 4.78. The van der Waals surface area contributed by atoms with Crippen LogP contribution in [0.2, 0.25) is 0 Å². The molecule has 0 aliphatic heterocycles. The molecule has 2 aromatic carbocycles. The third-order valence-electron chi connectivity index (χ3n) is 3.24. The maximum absolute atomic E-state index is 13.2. The Morgan fingerprint density at radius 3 is 2.08 bits per heavy atom. The van der Waals surface area contributed by atoms with E-state index in [0.717, 1.165) is 24.3 Å². The van der Waals surface area contributed by atoms with Crippen molar-refractivity contribution in [3.05, 3.63) is 77.6 Å². The standard InChI is InChI=1S/C17H10F4N4O/c18-11-3-1-9(7-13(11)20)23-16(26)15-5-6-22-17(25-15)24-10-2-4-12(19)14(21)8-10/h1-8H,(H,23,26)(H,22,24,25). The molecule has 1 aromatic heterocycles. The number of aromatic nitrogens is 2. The number of hydrogen-bond donors (Lipinski definition) is 2. The van der Waals surface area contributed by atoms with E-state index in [4.69, 9.17) is 0 Å². The summed E-state index contributed by atoms with van der Waals surface area (Å²) in [6.07, 6.45) is 1.27. The van der Waals surface area contributed by atoms with Crippen LogP contribution in [0.15, 0.2) is 48.7 Å². The van der Waals surface area contributed by atoms with Gasteiger partial charge in [0.2, 0.25) is 5.95 Å². The van der Waals surface area contributed by atoms with Crippen LogP contribution in [0, 0.1) is 23.3 Å². The quantitative estimate of drug-likeness (QED) is 0.688. The molecule has 0 unspecified atom stereocenters. The Labute approximate surface area is 144 Å². The molecule has 0 atom stereocenters. The fraction of sp³-hybridized carbons (Fsp3) is 0. The normalized spacial score (nSPS) is 10.5. The van der Waals surface area contributed by atoms with Crippen molar-refractivity contribution in [2.45, 2.75) is 0 Å². The van der Waals surface area contributed by atoms with Gasteiger partial charge in [-0.25, -0.2) is 27.5 Å². The maximum atomic E-state index is 13.2. The number of anilines is 3. The summed E-state index contributed by atoms with van der Waals surface area (Å²) in [6, 6.07) is 7.30. The highest BCUT2D eigenvalue weighted by atomic mass is 19.2. The van der Waals surface area contributed by atoms with Gasteiger partial charge in [0.15, 0.2) is 23.3 Å². The van der Waals surface area contributed by atoms with E-state index in [-0.39, 0.29) is 23.0 Å². The van der Waals surface area contributed by atoms with E-state index in [0.29, 0.717) is 0 Å². The number of rotatable bonds is 4. The summed E-state index contributed by atoms with van der Waals surface area (Å²) < 4.78 is 52.2. The van der Waals surface area contributed by atoms with Crippen LogP contribution in [0.3, 0.4) is 0 Å². The number of hydrogen-bond acceptors (Lipinski definition) is 4. The van der Waals surface area contributed by atoms with Gasteiger partial charge < -0.3 is 10.6 Å². The Morgan fingerprint density at radius 1 is 0.808 bits per heavy atom. The molecule has 3 aromatic rings. The molecule has 3 rings (SSSR count). The molecule has 0 aliphatic carbocycles. The molecule has 26 heavy (non-hydrogen) atoms. The number of carbonyl (C=O) groups is 1. The van der Waals surface area contributed by atoms with Crippen molar-refractivity contribution < 1.29 is 22.4 Å². The summed E-state index contributed by atoms with van der Waals surface area (Å²) in [4.78, 5) is 20.0. The average Bonchev–Trinajstić information content (AvgIpc) is 2.61. The monoisotopic (exact) mass is 362 g/mol. The van der Waals surface area contributed by atoms with Crippen molar-refractivity contribution in [2.24, 2.45) is 0 Å². The van der Waals surface area contributed by atoms with Crippen LogP contribution in [-0.4, -0.2) is 15.9 Å². The van der Waals surface area contributed by atoms with Gasteiger partial charge >= 0.3 is 0 Å². The van der Waals surface area contributed by atoms with Gasteiger partial charge in [0.25, 0.3) is 5.91 Å². The zero-order valence-electron chi connectivity index (χ0n) is 12.9. The molecule has 5 nitrogen and oxygen atoms in total. The summed E-state index contributed by atoms with van der Waals surface area (Å²) in [5, 5.41) is 4.99. The van der Waals surface area contributed by atoms with E-state index >= 15 is 0 Å².